The monoisotopic (exact) mass is 355 g/mol. The molecule has 0 spiro atoms. The van der Waals surface area contributed by atoms with E-state index in [1.165, 1.54) is 23.2 Å². The molecule has 0 aliphatic rings. The SMILES string of the molecule is NC(=O)c1nc(-c2ccco2)c2ncn(Cc3c(F)cccc3F)c2n1. The number of nitrogens with zero attached hydrogens (tertiary/aromatic N) is 4. The van der Waals surface area contributed by atoms with E-state index in [1.54, 1.807) is 12.1 Å². The Kier molecular flexibility index (Phi) is 3.68. The fourth-order valence-corrected chi connectivity index (χ4v) is 2.61. The number of primary amides is 1. The highest BCUT2D eigenvalue weighted by Gasteiger charge is 2.20. The summed E-state index contributed by atoms with van der Waals surface area (Å²) >= 11 is 0. The van der Waals surface area contributed by atoms with Crippen molar-refractivity contribution in [3.8, 4) is 11.5 Å². The molecule has 0 saturated carbocycles. The Morgan fingerprint density at radius 3 is 2.58 bits per heavy atom. The van der Waals surface area contributed by atoms with E-state index >= 15 is 0 Å². The van der Waals surface area contributed by atoms with Crippen LogP contribution in [0.5, 0.6) is 0 Å². The number of imidazole rings is 1. The minimum Gasteiger partial charge on any atom is -0.463 e. The van der Waals surface area contributed by atoms with E-state index in [1.807, 2.05) is 0 Å². The zero-order valence-corrected chi connectivity index (χ0v) is 13.2. The molecule has 1 amide bonds. The summed E-state index contributed by atoms with van der Waals surface area (Å²) in [5, 5.41) is 0. The maximum Gasteiger partial charge on any atom is 0.286 e. The van der Waals surface area contributed by atoms with Crippen molar-refractivity contribution in [2.75, 3.05) is 0 Å². The van der Waals surface area contributed by atoms with Crippen LogP contribution < -0.4 is 5.73 Å². The first-order valence-corrected chi connectivity index (χ1v) is 7.54. The van der Waals surface area contributed by atoms with E-state index < -0.39 is 17.5 Å². The van der Waals surface area contributed by atoms with Crippen LogP contribution in [0.15, 0.2) is 47.3 Å². The molecule has 26 heavy (non-hydrogen) atoms. The molecule has 3 aromatic heterocycles. The first-order chi connectivity index (χ1) is 12.5. The number of rotatable bonds is 4. The van der Waals surface area contributed by atoms with Gasteiger partial charge in [-0.2, -0.15) is 0 Å². The zero-order chi connectivity index (χ0) is 18.3. The fraction of sp³-hybridized carbons (Fsp3) is 0.0588. The second-order valence-electron chi connectivity index (χ2n) is 5.48. The maximum atomic E-state index is 14.0. The average Bonchev–Trinajstić information content (AvgIpc) is 3.27. The number of hydrogen-bond acceptors (Lipinski definition) is 5. The first kappa shape index (κ1) is 15.9. The van der Waals surface area contributed by atoms with Crippen LogP contribution in [-0.2, 0) is 6.54 Å². The van der Waals surface area contributed by atoms with Crippen LogP contribution in [0.1, 0.15) is 16.2 Å². The highest BCUT2D eigenvalue weighted by atomic mass is 19.1. The Labute approximate surface area is 145 Å². The predicted molar refractivity (Wildman–Crippen MR) is 87.0 cm³/mol. The molecule has 2 N–H and O–H groups in total. The molecule has 0 unspecified atom stereocenters. The number of carbonyl (C=O) groups is 1. The Hall–Kier alpha value is -3.62. The van der Waals surface area contributed by atoms with Crippen molar-refractivity contribution >= 4 is 17.1 Å². The second-order valence-corrected chi connectivity index (χ2v) is 5.48. The van der Waals surface area contributed by atoms with Crippen molar-refractivity contribution in [3.05, 3.63) is 65.9 Å². The maximum absolute atomic E-state index is 14.0. The number of amides is 1. The summed E-state index contributed by atoms with van der Waals surface area (Å²) in [5.41, 5.74) is 5.95. The smallest absolute Gasteiger partial charge is 0.286 e. The van der Waals surface area contributed by atoms with Gasteiger partial charge in [-0.15, -0.1) is 0 Å². The molecule has 0 aliphatic heterocycles. The average molecular weight is 355 g/mol. The van der Waals surface area contributed by atoms with Crippen LogP contribution in [0.2, 0.25) is 0 Å². The minimum atomic E-state index is -0.843. The van der Waals surface area contributed by atoms with Gasteiger partial charge in [-0.05, 0) is 24.3 Å². The van der Waals surface area contributed by atoms with E-state index in [0.29, 0.717) is 11.3 Å². The van der Waals surface area contributed by atoms with E-state index in [-0.39, 0.29) is 29.3 Å². The van der Waals surface area contributed by atoms with Crippen molar-refractivity contribution in [1.82, 2.24) is 19.5 Å². The van der Waals surface area contributed by atoms with E-state index in [9.17, 15) is 13.6 Å². The molecule has 0 atom stereocenters. The van der Waals surface area contributed by atoms with Gasteiger partial charge in [-0.25, -0.2) is 23.7 Å². The van der Waals surface area contributed by atoms with Crippen molar-refractivity contribution in [3.63, 3.8) is 0 Å². The van der Waals surface area contributed by atoms with Gasteiger partial charge in [0, 0.05) is 5.56 Å². The molecule has 1 aromatic carbocycles. The van der Waals surface area contributed by atoms with Crippen molar-refractivity contribution in [2.24, 2.45) is 5.73 Å². The summed E-state index contributed by atoms with van der Waals surface area (Å²) in [6.45, 7) is -0.165. The largest absolute Gasteiger partial charge is 0.463 e. The summed E-state index contributed by atoms with van der Waals surface area (Å²) in [4.78, 5) is 24.0. The molecule has 4 aromatic rings. The fourth-order valence-electron chi connectivity index (χ4n) is 2.61. The summed E-state index contributed by atoms with van der Waals surface area (Å²) in [7, 11) is 0. The molecule has 7 nitrogen and oxygen atoms in total. The number of carbonyl (C=O) groups excluding carboxylic acids is 1. The molecular weight excluding hydrogens is 344 g/mol. The van der Waals surface area contributed by atoms with Crippen molar-refractivity contribution < 1.29 is 18.0 Å². The second kappa shape index (κ2) is 6.03. The number of aromatic nitrogens is 4. The summed E-state index contributed by atoms with van der Waals surface area (Å²) in [6, 6.07) is 6.90. The first-order valence-electron chi connectivity index (χ1n) is 7.54. The standard InChI is InChI=1S/C17H11F2N5O2/c18-10-3-1-4-11(19)9(10)7-24-8-21-14-13(12-5-2-6-26-12)22-16(15(20)25)23-17(14)24/h1-6,8H,7H2,(H2,20,25). The van der Waals surface area contributed by atoms with Gasteiger partial charge in [-0.3, -0.25) is 4.79 Å². The molecule has 3 heterocycles. The van der Waals surface area contributed by atoms with Crippen molar-refractivity contribution in [1.29, 1.82) is 0 Å². The van der Waals surface area contributed by atoms with E-state index in [0.717, 1.165) is 12.1 Å². The van der Waals surface area contributed by atoms with Gasteiger partial charge in [0.15, 0.2) is 11.4 Å². The number of halogens is 2. The van der Waals surface area contributed by atoms with Crippen LogP contribution in [-0.4, -0.2) is 25.4 Å². The Bertz CT molecular complexity index is 1100. The lowest BCUT2D eigenvalue weighted by Crippen LogP contribution is -2.16. The third kappa shape index (κ3) is 2.59. The molecule has 0 bridgehead atoms. The van der Waals surface area contributed by atoms with Gasteiger partial charge in [-0.1, -0.05) is 6.07 Å². The van der Waals surface area contributed by atoms with Gasteiger partial charge in [0.05, 0.1) is 19.1 Å². The molecule has 130 valence electrons. The number of furan rings is 1. The predicted octanol–water partition coefficient (Wildman–Crippen LogP) is 2.51. The van der Waals surface area contributed by atoms with Crippen LogP contribution >= 0.6 is 0 Å². The Balaban J connectivity index is 1.91. The van der Waals surface area contributed by atoms with Gasteiger partial charge >= 0.3 is 0 Å². The van der Waals surface area contributed by atoms with E-state index in [2.05, 4.69) is 15.0 Å². The lowest BCUT2D eigenvalue weighted by Gasteiger charge is -2.07. The number of nitrogens with two attached hydrogens (primary N) is 1. The molecule has 0 fully saturated rings. The quantitative estimate of drug-likeness (QED) is 0.606. The summed E-state index contributed by atoms with van der Waals surface area (Å²) in [6.07, 6.45) is 2.81. The molecule has 0 aliphatic carbocycles. The third-order valence-corrected chi connectivity index (χ3v) is 3.83. The molecule has 4 rings (SSSR count). The van der Waals surface area contributed by atoms with Gasteiger partial charge in [0.25, 0.3) is 5.91 Å². The molecule has 0 radical (unpaired) electrons. The molecule has 0 saturated heterocycles. The Morgan fingerprint density at radius 1 is 1.15 bits per heavy atom. The topological polar surface area (TPSA) is 99.8 Å². The van der Waals surface area contributed by atoms with Crippen molar-refractivity contribution in [2.45, 2.75) is 6.54 Å². The number of benzene rings is 1. The molecular formula is C17H11F2N5O2. The lowest BCUT2D eigenvalue weighted by molar-refractivity contribution is 0.0991. The van der Waals surface area contributed by atoms with E-state index in [4.69, 9.17) is 10.2 Å². The third-order valence-electron chi connectivity index (χ3n) is 3.83. The van der Waals surface area contributed by atoms with Gasteiger partial charge < -0.3 is 14.7 Å². The summed E-state index contributed by atoms with van der Waals surface area (Å²) < 4.78 is 34.6. The van der Waals surface area contributed by atoms with Crippen LogP contribution in [0.25, 0.3) is 22.6 Å². The minimum absolute atomic E-state index is 0.148. The van der Waals surface area contributed by atoms with Gasteiger partial charge in [0.1, 0.15) is 22.8 Å². The molecule has 9 heteroatoms. The highest BCUT2D eigenvalue weighted by Crippen LogP contribution is 2.26. The van der Waals surface area contributed by atoms with Crippen LogP contribution in [0.3, 0.4) is 0 Å². The Morgan fingerprint density at radius 2 is 1.92 bits per heavy atom. The summed E-state index contributed by atoms with van der Waals surface area (Å²) in [5.74, 6) is -2.11. The number of hydrogen-bond donors (Lipinski definition) is 1. The van der Waals surface area contributed by atoms with Gasteiger partial charge in [0.2, 0.25) is 5.82 Å². The number of fused-ring (bicyclic) bond motifs is 1. The normalized spacial score (nSPS) is 11.2. The highest BCUT2D eigenvalue weighted by molar-refractivity contribution is 5.94. The lowest BCUT2D eigenvalue weighted by atomic mass is 10.2. The van der Waals surface area contributed by atoms with Crippen LogP contribution in [0, 0.1) is 11.6 Å². The zero-order valence-electron chi connectivity index (χ0n) is 13.2. The van der Waals surface area contributed by atoms with Crippen LogP contribution in [0.4, 0.5) is 8.78 Å².